The normalized spacial score (nSPS) is 25.6. The van der Waals surface area contributed by atoms with E-state index in [-0.39, 0.29) is 5.92 Å². The first kappa shape index (κ1) is 11.2. The Bertz CT molecular complexity index is 353. The Hall–Kier alpha value is -1.27. The summed E-state index contributed by atoms with van der Waals surface area (Å²) in [6.45, 7) is 0.874. The van der Waals surface area contributed by atoms with Gasteiger partial charge in [-0.15, -0.1) is 0 Å². The van der Waals surface area contributed by atoms with Gasteiger partial charge in [0.05, 0.1) is 24.5 Å². The van der Waals surface area contributed by atoms with E-state index in [4.69, 9.17) is 9.68 Å². The first-order valence-corrected chi connectivity index (χ1v) is 5.92. The van der Waals surface area contributed by atoms with Crippen LogP contribution in [0.25, 0.3) is 0 Å². The summed E-state index contributed by atoms with van der Waals surface area (Å²) in [4.78, 5) is 2.29. The van der Waals surface area contributed by atoms with Gasteiger partial charge in [-0.3, -0.25) is 4.90 Å². The van der Waals surface area contributed by atoms with Crippen LogP contribution in [0.2, 0.25) is 0 Å². The lowest BCUT2D eigenvalue weighted by atomic mass is 9.84. The largest absolute Gasteiger partial charge is 0.472 e. The predicted molar refractivity (Wildman–Crippen MR) is 61.5 cm³/mol. The minimum Gasteiger partial charge on any atom is -0.472 e. The molecule has 16 heavy (non-hydrogen) atoms. The molecule has 2 rings (SSSR count). The standard InChI is InChI=1S/C13H18N2O/c1-15(9-11-6-7-16-10-11)13-5-3-2-4-12(13)8-14/h6-7,10,12-13H,2-5,9H2,1H3. The lowest BCUT2D eigenvalue weighted by Gasteiger charge is -2.34. The van der Waals surface area contributed by atoms with Crippen LogP contribution in [-0.2, 0) is 6.54 Å². The molecular weight excluding hydrogens is 200 g/mol. The van der Waals surface area contributed by atoms with Crippen molar-refractivity contribution in [1.29, 1.82) is 5.26 Å². The fourth-order valence-corrected chi connectivity index (χ4v) is 2.58. The van der Waals surface area contributed by atoms with Crippen molar-refractivity contribution in [3.8, 4) is 6.07 Å². The zero-order valence-corrected chi connectivity index (χ0v) is 9.72. The quantitative estimate of drug-likeness (QED) is 0.783. The molecule has 1 aromatic heterocycles. The Labute approximate surface area is 96.7 Å². The molecule has 0 aliphatic heterocycles. The van der Waals surface area contributed by atoms with Crippen LogP contribution in [0.5, 0.6) is 0 Å². The molecule has 0 amide bonds. The summed E-state index contributed by atoms with van der Waals surface area (Å²) < 4.78 is 5.06. The van der Waals surface area contributed by atoms with Gasteiger partial charge in [0, 0.05) is 18.2 Å². The van der Waals surface area contributed by atoms with Crippen molar-refractivity contribution in [3.05, 3.63) is 24.2 Å². The van der Waals surface area contributed by atoms with E-state index in [1.165, 1.54) is 18.4 Å². The third-order valence-corrected chi connectivity index (χ3v) is 3.47. The molecular formula is C13H18N2O. The van der Waals surface area contributed by atoms with Crippen molar-refractivity contribution < 1.29 is 4.42 Å². The Morgan fingerprint density at radius 3 is 3.00 bits per heavy atom. The van der Waals surface area contributed by atoms with E-state index in [2.05, 4.69) is 18.0 Å². The molecule has 1 aromatic rings. The Balaban J connectivity index is 1.97. The predicted octanol–water partition coefficient (Wildman–Crippen LogP) is 2.79. The molecule has 0 aromatic carbocycles. The molecule has 3 heteroatoms. The molecule has 1 aliphatic carbocycles. The van der Waals surface area contributed by atoms with Gasteiger partial charge in [-0.1, -0.05) is 12.8 Å². The molecule has 1 aliphatic rings. The molecule has 0 spiro atoms. The Kier molecular flexibility index (Phi) is 3.63. The lowest BCUT2D eigenvalue weighted by Crippen LogP contribution is -2.39. The van der Waals surface area contributed by atoms with Gasteiger partial charge in [0.25, 0.3) is 0 Å². The Morgan fingerprint density at radius 1 is 1.50 bits per heavy atom. The summed E-state index contributed by atoms with van der Waals surface area (Å²) in [7, 11) is 2.10. The third kappa shape index (κ3) is 2.45. The van der Waals surface area contributed by atoms with E-state index < -0.39 is 0 Å². The van der Waals surface area contributed by atoms with Gasteiger partial charge in [0.1, 0.15) is 0 Å². The minimum atomic E-state index is 0.200. The Morgan fingerprint density at radius 2 is 2.31 bits per heavy atom. The van der Waals surface area contributed by atoms with Crippen molar-refractivity contribution in [2.24, 2.45) is 5.92 Å². The number of hydrogen-bond acceptors (Lipinski definition) is 3. The van der Waals surface area contributed by atoms with Gasteiger partial charge in [0.2, 0.25) is 0 Å². The molecule has 1 fully saturated rings. The fourth-order valence-electron chi connectivity index (χ4n) is 2.58. The highest BCUT2D eigenvalue weighted by atomic mass is 16.3. The van der Waals surface area contributed by atoms with E-state index in [1.807, 2.05) is 6.07 Å². The highest BCUT2D eigenvalue weighted by molar-refractivity contribution is 5.06. The molecule has 0 saturated heterocycles. The molecule has 1 saturated carbocycles. The average molecular weight is 218 g/mol. The fraction of sp³-hybridized carbons (Fsp3) is 0.615. The van der Waals surface area contributed by atoms with Gasteiger partial charge < -0.3 is 4.42 Å². The molecule has 2 unspecified atom stereocenters. The maximum atomic E-state index is 9.14. The van der Waals surface area contributed by atoms with Crippen LogP contribution in [-0.4, -0.2) is 18.0 Å². The average Bonchev–Trinajstić information content (AvgIpc) is 2.81. The number of rotatable bonds is 3. The molecule has 3 nitrogen and oxygen atoms in total. The SMILES string of the molecule is CN(Cc1ccoc1)C1CCCCC1C#N. The van der Waals surface area contributed by atoms with Crippen molar-refractivity contribution in [1.82, 2.24) is 4.90 Å². The molecule has 1 heterocycles. The smallest absolute Gasteiger partial charge is 0.0947 e. The molecule has 86 valence electrons. The van der Waals surface area contributed by atoms with Gasteiger partial charge in [-0.05, 0) is 26.0 Å². The molecule has 0 radical (unpaired) electrons. The number of nitrogens with zero attached hydrogens (tertiary/aromatic N) is 2. The zero-order chi connectivity index (χ0) is 11.4. The highest BCUT2D eigenvalue weighted by Gasteiger charge is 2.28. The highest BCUT2D eigenvalue weighted by Crippen LogP contribution is 2.28. The number of hydrogen-bond donors (Lipinski definition) is 0. The first-order chi connectivity index (χ1) is 7.81. The third-order valence-electron chi connectivity index (χ3n) is 3.47. The minimum absolute atomic E-state index is 0.200. The summed E-state index contributed by atoms with van der Waals surface area (Å²) in [6, 6.07) is 4.85. The van der Waals surface area contributed by atoms with Crippen LogP contribution < -0.4 is 0 Å². The van der Waals surface area contributed by atoms with Crippen molar-refractivity contribution in [2.75, 3.05) is 7.05 Å². The summed E-state index contributed by atoms with van der Waals surface area (Å²) in [5, 5.41) is 9.14. The van der Waals surface area contributed by atoms with Gasteiger partial charge in [0.15, 0.2) is 0 Å². The van der Waals surface area contributed by atoms with E-state index >= 15 is 0 Å². The summed E-state index contributed by atoms with van der Waals surface area (Å²) in [5.41, 5.74) is 1.18. The molecule has 0 N–H and O–H groups in total. The van der Waals surface area contributed by atoms with Crippen molar-refractivity contribution in [3.63, 3.8) is 0 Å². The van der Waals surface area contributed by atoms with Gasteiger partial charge >= 0.3 is 0 Å². The maximum absolute atomic E-state index is 9.14. The van der Waals surface area contributed by atoms with E-state index in [9.17, 15) is 0 Å². The van der Waals surface area contributed by atoms with Gasteiger partial charge in [-0.25, -0.2) is 0 Å². The molecule has 2 atom stereocenters. The number of nitriles is 1. The van der Waals surface area contributed by atoms with Crippen LogP contribution in [0.15, 0.2) is 23.0 Å². The van der Waals surface area contributed by atoms with E-state index in [0.717, 1.165) is 19.4 Å². The van der Waals surface area contributed by atoms with Crippen molar-refractivity contribution in [2.45, 2.75) is 38.3 Å². The van der Waals surface area contributed by atoms with Crippen LogP contribution in [0.4, 0.5) is 0 Å². The van der Waals surface area contributed by atoms with Crippen LogP contribution in [0.3, 0.4) is 0 Å². The van der Waals surface area contributed by atoms with Gasteiger partial charge in [-0.2, -0.15) is 5.26 Å². The monoisotopic (exact) mass is 218 g/mol. The van der Waals surface area contributed by atoms with Crippen molar-refractivity contribution >= 4 is 0 Å². The lowest BCUT2D eigenvalue weighted by molar-refractivity contribution is 0.150. The second-order valence-electron chi connectivity index (χ2n) is 4.63. The first-order valence-electron chi connectivity index (χ1n) is 5.92. The van der Waals surface area contributed by atoms with E-state index in [1.54, 1.807) is 12.5 Å². The summed E-state index contributed by atoms with van der Waals surface area (Å²) in [5.74, 6) is 0.200. The number of furan rings is 1. The van der Waals surface area contributed by atoms with Crippen LogP contribution in [0, 0.1) is 17.2 Å². The molecule has 0 bridgehead atoms. The van der Waals surface area contributed by atoms with Crippen LogP contribution >= 0.6 is 0 Å². The topological polar surface area (TPSA) is 40.2 Å². The summed E-state index contributed by atoms with van der Waals surface area (Å²) in [6.07, 6.45) is 8.13. The second kappa shape index (κ2) is 5.18. The summed E-state index contributed by atoms with van der Waals surface area (Å²) >= 11 is 0. The zero-order valence-electron chi connectivity index (χ0n) is 9.72. The second-order valence-corrected chi connectivity index (χ2v) is 4.63. The van der Waals surface area contributed by atoms with Crippen LogP contribution in [0.1, 0.15) is 31.2 Å². The maximum Gasteiger partial charge on any atom is 0.0947 e. The van der Waals surface area contributed by atoms with E-state index in [0.29, 0.717) is 6.04 Å².